The summed E-state index contributed by atoms with van der Waals surface area (Å²) in [6.07, 6.45) is 3.74. The van der Waals surface area contributed by atoms with E-state index in [1.54, 1.807) is 19.9 Å². The van der Waals surface area contributed by atoms with Gasteiger partial charge in [0.15, 0.2) is 0 Å². The van der Waals surface area contributed by atoms with Crippen molar-refractivity contribution >= 4 is 12.0 Å². The lowest BCUT2D eigenvalue weighted by atomic mass is 10.0. The smallest absolute Gasteiger partial charge is 0.345 e. The van der Waals surface area contributed by atoms with E-state index in [1.165, 1.54) is 0 Å². The van der Waals surface area contributed by atoms with Gasteiger partial charge in [-0.1, -0.05) is 24.3 Å². The van der Waals surface area contributed by atoms with E-state index in [0.29, 0.717) is 11.3 Å². The Hall–Kier alpha value is -1.77. The fourth-order valence-electron chi connectivity index (χ4n) is 1.73. The Morgan fingerprint density at radius 3 is 2.69 bits per heavy atom. The first kappa shape index (κ1) is 10.7. The first-order chi connectivity index (χ1) is 7.53. The third-order valence-corrected chi connectivity index (χ3v) is 2.30. The molecule has 2 rings (SSSR count). The molecule has 0 saturated heterocycles. The molecule has 0 aliphatic carbocycles. The number of rotatable bonds is 1. The average molecular weight is 218 g/mol. The van der Waals surface area contributed by atoms with Crippen molar-refractivity contribution in [1.82, 2.24) is 0 Å². The number of cyclic esters (lactones) is 1. The maximum atomic E-state index is 11.9. The number of fused-ring (bicyclic) bond motifs is 1. The summed E-state index contributed by atoms with van der Waals surface area (Å²) in [6.45, 7) is 5.34. The molecule has 3 nitrogen and oxygen atoms in total. The van der Waals surface area contributed by atoms with Gasteiger partial charge < -0.3 is 9.47 Å². The Morgan fingerprint density at radius 1 is 1.25 bits per heavy atom. The quantitative estimate of drug-likeness (QED) is 0.680. The highest BCUT2D eigenvalue weighted by atomic mass is 16.7. The summed E-state index contributed by atoms with van der Waals surface area (Å²) in [5, 5.41) is 0. The Balaban J connectivity index is 2.56. The van der Waals surface area contributed by atoms with Crippen LogP contribution >= 0.6 is 0 Å². The van der Waals surface area contributed by atoms with E-state index in [-0.39, 0.29) is 5.97 Å². The predicted molar refractivity (Wildman–Crippen MR) is 61.3 cm³/mol. The SMILES string of the molecule is CC=Cc1cccc2c1C(=O)OC(C)(C)O2. The molecule has 84 valence electrons. The van der Waals surface area contributed by atoms with Crippen molar-refractivity contribution in [1.29, 1.82) is 0 Å². The molecule has 0 aromatic heterocycles. The summed E-state index contributed by atoms with van der Waals surface area (Å²) in [4.78, 5) is 11.9. The second kappa shape index (κ2) is 3.67. The van der Waals surface area contributed by atoms with Crippen LogP contribution in [0.15, 0.2) is 24.3 Å². The summed E-state index contributed by atoms with van der Waals surface area (Å²) in [7, 11) is 0. The fraction of sp³-hybridized carbons (Fsp3) is 0.308. The molecule has 0 bridgehead atoms. The van der Waals surface area contributed by atoms with E-state index >= 15 is 0 Å². The van der Waals surface area contributed by atoms with Gasteiger partial charge in [0.05, 0.1) is 0 Å². The maximum Gasteiger partial charge on any atom is 0.345 e. The molecule has 1 heterocycles. The minimum Gasteiger partial charge on any atom is -0.452 e. The second-order valence-corrected chi connectivity index (χ2v) is 4.11. The zero-order valence-corrected chi connectivity index (χ0v) is 9.61. The highest BCUT2D eigenvalue weighted by Gasteiger charge is 2.34. The van der Waals surface area contributed by atoms with Crippen molar-refractivity contribution in [2.24, 2.45) is 0 Å². The summed E-state index contributed by atoms with van der Waals surface area (Å²) in [6, 6.07) is 5.51. The van der Waals surface area contributed by atoms with Crippen LogP contribution in [0, 0.1) is 0 Å². The van der Waals surface area contributed by atoms with Crippen molar-refractivity contribution in [3.8, 4) is 5.75 Å². The standard InChI is InChI=1S/C13H14O3/c1-4-6-9-7-5-8-10-11(9)12(14)16-13(2,3)15-10/h4-8H,1-3H3. The number of carbonyl (C=O) groups excluding carboxylic acids is 1. The first-order valence-corrected chi connectivity index (χ1v) is 5.21. The minimum absolute atomic E-state index is 0.333. The first-order valence-electron chi connectivity index (χ1n) is 5.21. The number of ether oxygens (including phenoxy) is 2. The van der Waals surface area contributed by atoms with E-state index in [1.807, 2.05) is 31.2 Å². The summed E-state index contributed by atoms with van der Waals surface area (Å²) >= 11 is 0. The molecule has 1 aliphatic heterocycles. The number of allylic oxidation sites excluding steroid dienone is 1. The zero-order valence-electron chi connectivity index (χ0n) is 9.61. The lowest BCUT2D eigenvalue weighted by Gasteiger charge is -2.32. The van der Waals surface area contributed by atoms with E-state index in [9.17, 15) is 4.79 Å². The molecule has 0 N–H and O–H groups in total. The molecule has 0 spiro atoms. The minimum atomic E-state index is -0.890. The van der Waals surface area contributed by atoms with Crippen molar-refractivity contribution in [3.63, 3.8) is 0 Å². The van der Waals surface area contributed by atoms with Gasteiger partial charge in [-0.2, -0.15) is 0 Å². The number of hydrogen-bond acceptors (Lipinski definition) is 3. The zero-order chi connectivity index (χ0) is 11.8. The van der Waals surface area contributed by atoms with E-state index in [0.717, 1.165) is 5.56 Å². The molecule has 3 heteroatoms. The molecule has 0 radical (unpaired) electrons. The number of esters is 1. The van der Waals surface area contributed by atoms with Gasteiger partial charge in [0.2, 0.25) is 5.79 Å². The molecule has 0 saturated carbocycles. The molecule has 1 aromatic rings. The van der Waals surface area contributed by atoms with Crippen molar-refractivity contribution in [2.75, 3.05) is 0 Å². The summed E-state index contributed by atoms with van der Waals surface area (Å²) < 4.78 is 10.8. The van der Waals surface area contributed by atoms with Gasteiger partial charge in [-0.25, -0.2) is 4.79 Å². The fourth-order valence-corrected chi connectivity index (χ4v) is 1.73. The Morgan fingerprint density at radius 2 is 2.00 bits per heavy atom. The molecule has 0 unspecified atom stereocenters. The van der Waals surface area contributed by atoms with Crippen molar-refractivity contribution in [3.05, 3.63) is 35.4 Å². The van der Waals surface area contributed by atoms with Crippen molar-refractivity contribution in [2.45, 2.75) is 26.6 Å². The van der Waals surface area contributed by atoms with Crippen LogP contribution in [0.25, 0.3) is 6.08 Å². The normalized spacial score (nSPS) is 17.8. The van der Waals surface area contributed by atoms with E-state index < -0.39 is 5.79 Å². The number of carbonyl (C=O) groups is 1. The highest BCUT2D eigenvalue weighted by molar-refractivity contribution is 5.97. The molecule has 0 atom stereocenters. The van der Waals surface area contributed by atoms with Gasteiger partial charge in [0.25, 0.3) is 0 Å². The number of benzene rings is 1. The third-order valence-electron chi connectivity index (χ3n) is 2.30. The lowest BCUT2D eigenvalue weighted by molar-refractivity contribution is -0.127. The average Bonchev–Trinajstić information content (AvgIpc) is 2.15. The summed E-state index contributed by atoms with van der Waals surface area (Å²) in [5.74, 6) is -0.643. The third kappa shape index (κ3) is 1.81. The monoisotopic (exact) mass is 218 g/mol. The molecule has 0 fully saturated rings. The molecule has 1 aromatic carbocycles. The molecule has 0 amide bonds. The van der Waals surface area contributed by atoms with Crippen LogP contribution in [0.3, 0.4) is 0 Å². The maximum absolute atomic E-state index is 11.9. The van der Waals surface area contributed by atoms with Gasteiger partial charge in [-0.15, -0.1) is 0 Å². The van der Waals surface area contributed by atoms with E-state index in [2.05, 4.69) is 0 Å². The van der Waals surface area contributed by atoms with Crippen LogP contribution in [0.4, 0.5) is 0 Å². The summed E-state index contributed by atoms with van der Waals surface area (Å²) in [5.41, 5.74) is 1.32. The van der Waals surface area contributed by atoms with Crippen LogP contribution in [0.2, 0.25) is 0 Å². The molecular formula is C13H14O3. The highest BCUT2D eigenvalue weighted by Crippen LogP contribution is 2.33. The van der Waals surface area contributed by atoms with Gasteiger partial charge in [-0.3, -0.25) is 0 Å². The Bertz CT molecular complexity index is 458. The largest absolute Gasteiger partial charge is 0.452 e. The van der Waals surface area contributed by atoms with Crippen LogP contribution in [0.5, 0.6) is 5.75 Å². The van der Waals surface area contributed by atoms with Gasteiger partial charge in [0.1, 0.15) is 11.3 Å². The van der Waals surface area contributed by atoms with Gasteiger partial charge in [-0.05, 0) is 18.6 Å². The topological polar surface area (TPSA) is 35.5 Å². The van der Waals surface area contributed by atoms with Gasteiger partial charge in [0, 0.05) is 13.8 Å². The van der Waals surface area contributed by atoms with Crippen LogP contribution < -0.4 is 4.74 Å². The lowest BCUT2D eigenvalue weighted by Crippen LogP contribution is -2.39. The van der Waals surface area contributed by atoms with Crippen LogP contribution in [-0.2, 0) is 4.74 Å². The molecular weight excluding hydrogens is 204 g/mol. The van der Waals surface area contributed by atoms with Crippen molar-refractivity contribution < 1.29 is 14.3 Å². The van der Waals surface area contributed by atoms with Crippen LogP contribution in [-0.4, -0.2) is 11.8 Å². The Kier molecular flexibility index (Phi) is 2.46. The molecule has 1 aliphatic rings. The molecule has 16 heavy (non-hydrogen) atoms. The van der Waals surface area contributed by atoms with Crippen LogP contribution in [0.1, 0.15) is 36.7 Å². The van der Waals surface area contributed by atoms with Gasteiger partial charge >= 0.3 is 5.97 Å². The predicted octanol–water partition coefficient (Wildman–Crippen LogP) is 3.01. The Labute approximate surface area is 94.7 Å². The second-order valence-electron chi connectivity index (χ2n) is 4.11. The number of hydrogen-bond donors (Lipinski definition) is 0. The van der Waals surface area contributed by atoms with E-state index in [4.69, 9.17) is 9.47 Å².